The van der Waals surface area contributed by atoms with E-state index in [0.29, 0.717) is 43.1 Å². The molecule has 0 radical (unpaired) electrons. The van der Waals surface area contributed by atoms with E-state index >= 15 is 0 Å². The van der Waals surface area contributed by atoms with Gasteiger partial charge in [-0.15, -0.1) is 0 Å². The number of halogens is 1. The number of ether oxygens (including phenoxy) is 1. The van der Waals surface area contributed by atoms with Gasteiger partial charge in [0.05, 0.1) is 0 Å². The molecule has 1 aliphatic heterocycles. The van der Waals surface area contributed by atoms with Crippen molar-refractivity contribution in [2.24, 2.45) is 0 Å². The molecule has 188 valence electrons. The Hall–Kier alpha value is -3.19. The summed E-state index contributed by atoms with van der Waals surface area (Å²) in [5.74, 6) is 0.0974. The Morgan fingerprint density at radius 3 is 2.46 bits per heavy atom. The topological polar surface area (TPSA) is 61.9 Å². The molecular formula is C28H36FN3O3. The van der Waals surface area contributed by atoms with E-state index in [-0.39, 0.29) is 29.2 Å². The fourth-order valence-electron chi connectivity index (χ4n) is 4.16. The van der Waals surface area contributed by atoms with Gasteiger partial charge < -0.3 is 15.0 Å². The minimum Gasteiger partial charge on any atom is -0.484 e. The van der Waals surface area contributed by atoms with E-state index in [9.17, 15) is 14.0 Å². The molecule has 1 N–H and O–H groups in total. The lowest BCUT2D eigenvalue weighted by Crippen LogP contribution is -2.54. The minimum atomic E-state index is -0.423. The van der Waals surface area contributed by atoms with Gasteiger partial charge in [0.15, 0.2) is 0 Å². The van der Waals surface area contributed by atoms with Crippen LogP contribution >= 0.6 is 0 Å². The van der Waals surface area contributed by atoms with Crippen LogP contribution in [0.25, 0.3) is 0 Å². The van der Waals surface area contributed by atoms with Gasteiger partial charge in [0, 0.05) is 43.3 Å². The maximum absolute atomic E-state index is 14.4. The largest absolute Gasteiger partial charge is 0.484 e. The zero-order valence-corrected chi connectivity index (χ0v) is 21.3. The van der Waals surface area contributed by atoms with Crippen molar-refractivity contribution in [3.63, 3.8) is 0 Å². The van der Waals surface area contributed by atoms with Gasteiger partial charge in [-0.1, -0.05) is 18.7 Å². The smallest absolute Gasteiger partial charge is 0.251 e. The van der Waals surface area contributed by atoms with E-state index in [1.165, 1.54) is 12.1 Å². The van der Waals surface area contributed by atoms with Crippen molar-refractivity contribution < 1.29 is 18.7 Å². The lowest BCUT2D eigenvalue weighted by atomic mass is 10.0. The van der Waals surface area contributed by atoms with Crippen molar-refractivity contribution >= 4 is 11.8 Å². The SMILES string of the molecule is C=CC(=O)N1CCN(C[C@@H](Oc2ccc(C(=O)NC(C)(C)C)cc2)c2ccc(C)c(F)c2)C[C@H]1C. The molecule has 6 nitrogen and oxygen atoms in total. The summed E-state index contributed by atoms with van der Waals surface area (Å²) in [6, 6.07) is 12.2. The molecule has 2 amide bonds. The first-order valence-electron chi connectivity index (χ1n) is 12.0. The van der Waals surface area contributed by atoms with Crippen LogP contribution in [-0.2, 0) is 4.79 Å². The fraction of sp³-hybridized carbons (Fsp3) is 0.429. The molecule has 0 unspecified atom stereocenters. The van der Waals surface area contributed by atoms with E-state index in [1.54, 1.807) is 37.3 Å². The first-order valence-corrected chi connectivity index (χ1v) is 12.0. The first-order chi connectivity index (χ1) is 16.5. The van der Waals surface area contributed by atoms with Crippen LogP contribution in [-0.4, -0.2) is 59.4 Å². The molecule has 3 rings (SSSR count). The number of hydrogen-bond acceptors (Lipinski definition) is 4. The van der Waals surface area contributed by atoms with Crippen molar-refractivity contribution in [3.8, 4) is 5.75 Å². The number of amides is 2. The predicted molar refractivity (Wildman–Crippen MR) is 136 cm³/mol. The molecule has 0 aliphatic carbocycles. The zero-order chi connectivity index (χ0) is 25.8. The normalized spacial score (nSPS) is 17.5. The number of nitrogens with zero attached hydrogens (tertiary/aromatic N) is 2. The van der Waals surface area contributed by atoms with Crippen molar-refractivity contribution in [2.45, 2.75) is 52.3 Å². The predicted octanol–water partition coefficient (Wildman–Crippen LogP) is 4.50. The Morgan fingerprint density at radius 2 is 1.89 bits per heavy atom. The monoisotopic (exact) mass is 481 g/mol. The number of carbonyl (C=O) groups excluding carboxylic acids is 2. The molecule has 1 saturated heterocycles. The molecule has 0 spiro atoms. The standard InChI is InChI=1S/C28H36FN3O3/c1-7-26(33)32-15-14-31(17-20(32)3)18-25(22-9-8-19(2)24(29)16-22)35-23-12-10-21(11-13-23)27(34)30-28(4,5)6/h7-13,16,20,25H,1,14-15,17-18H2,2-6H3,(H,30,34)/t20-,25-/m1/s1. The van der Waals surface area contributed by atoms with Crippen LogP contribution in [0.5, 0.6) is 5.75 Å². The third kappa shape index (κ3) is 7.15. The van der Waals surface area contributed by atoms with Crippen LogP contribution in [0.4, 0.5) is 4.39 Å². The lowest BCUT2D eigenvalue weighted by Gasteiger charge is -2.40. The second-order valence-electron chi connectivity index (χ2n) is 10.2. The molecule has 1 heterocycles. The molecule has 0 bridgehead atoms. The van der Waals surface area contributed by atoms with Crippen molar-refractivity contribution in [1.82, 2.24) is 15.1 Å². The molecule has 7 heteroatoms. The average Bonchev–Trinajstić information content (AvgIpc) is 2.79. The van der Waals surface area contributed by atoms with Gasteiger partial charge in [-0.3, -0.25) is 14.5 Å². The summed E-state index contributed by atoms with van der Waals surface area (Å²) in [7, 11) is 0. The first kappa shape index (κ1) is 26.4. The van der Waals surface area contributed by atoms with Crippen LogP contribution in [0.2, 0.25) is 0 Å². The van der Waals surface area contributed by atoms with Crippen LogP contribution in [0.1, 0.15) is 55.3 Å². The zero-order valence-electron chi connectivity index (χ0n) is 21.3. The molecule has 0 aromatic heterocycles. The highest BCUT2D eigenvalue weighted by Crippen LogP contribution is 2.26. The lowest BCUT2D eigenvalue weighted by molar-refractivity contribution is -0.130. The molecule has 0 saturated carbocycles. The van der Waals surface area contributed by atoms with Crippen LogP contribution in [0, 0.1) is 12.7 Å². The average molecular weight is 482 g/mol. The molecule has 2 atom stereocenters. The van der Waals surface area contributed by atoms with E-state index in [2.05, 4.69) is 16.8 Å². The minimum absolute atomic E-state index is 0.0327. The quantitative estimate of drug-likeness (QED) is 0.592. The molecule has 35 heavy (non-hydrogen) atoms. The Morgan fingerprint density at radius 1 is 1.20 bits per heavy atom. The number of nitrogens with one attached hydrogen (secondary N) is 1. The second-order valence-corrected chi connectivity index (χ2v) is 10.2. The van der Waals surface area contributed by atoms with Crippen molar-refractivity contribution in [1.29, 1.82) is 0 Å². The van der Waals surface area contributed by atoms with Gasteiger partial charge in [0.2, 0.25) is 5.91 Å². The fourth-order valence-corrected chi connectivity index (χ4v) is 4.16. The number of rotatable bonds is 7. The van der Waals surface area contributed by atoms with E-state index in [1.807, 2.05) is 38.7 Å². The second kappa shape index (κ2) is 11.0. The Labute approximate surface area is 207 Å². The number of carbonyl (C=O) groups is 2. The summed E-state index contributed by atoms with van der Waals surface area (Å²) in [5.41, 5.74) is 1.53. The van der Waals surface area contributed by atoms with Crippen molar-refractivity contribution in [2.75, 3.05) is 26.2 Å². The molecule has 2 aromatic rings. The third-order valence-electron chi connectivity index (χ3n) is 6.04. The Kier molecular flexibility index (Phi) is 8.33. The summed E-state index contributed by atoms with van der Waals surface area (Å²) in [6.45, 7) is 15.6. The summed E-state index contributed by atoms with van der Waals surface area (Å²) in [4.78, 5) is 28.6. The van der Waals surface area contributed by atoms with Crippen LogP contribution in [0.15, 0.2) is 55.1 Å². The van der Waals surface area contributed by atoms with E-state index in [0.717, 1.165) is 5.56 Å². The Balaban J connectivity index is 1.77. The highest BCUT2D eigenvalue weighted by molar-refractivity contribution is 5.94. The number of hydrogen-bond donors (Lipinski definition) is 1. The third-order valence-corrected chi connectivity index (χ3v) is 6.04. The highest BCUT2D eigenvalue weighted by atomic mass is 19.1. The molecular weight excluding hydrogens is 445 g/mol. The number of piperazine rings is 1. The van der Waals surface area contributed by atoms with Gasteiger partial charge in [-0.05, 0) is 82.2 Å². The number of benzene rings is 2. The maximum Gasteiger partial charge on any atom is 0.251 e. The molecule has 1 fully saturated rings. The molecule has 2 aromatic carbocycles. The van der Waals surface area contributed by atoms with Gasteiger partial charge in [-0.25, -0.2) is 4.39 Å². The van der Waals surface area contributed by atoms with Crippen LogP contribution in [0.3, 0.4) is 0 Å². The highest BCUT2D eigenvalue weighted by Gasteiger charge is 2.28. The van der Waals surface area contributed by atoms with Gasteiger partial charge in [0.1, 0.15) is 17.7 Å². The van der Waals surface area contributed by atoms with Crippen LogP contribution < -0.4 is 10.1 Å². The van der Waals surface area contributed by atoms with Gasteiger partial charge in [0.25, 0.3) is 5.91 Å². The number of aryl methyl sites for hydroxylation is 1. The van der Waals surface area contributed by atoms with Gasteiger partial charge in [-0.2, -0.15) is 0 Å². The summed E-state index contributed by atoms with van der Waals surface area (Å²) in [6.07, 6.45) is 0.923. The van der Waals surface area contributed by atoms with E-state index < -0.39 is 6.10 Å². The van der Waals surface area contributed by atoms with Gasteiger partial charge >= 0.3 is 0 Å². The molecule has 1 aliphatic rings. The summed E-state index contributed by atoms with van der Waals surface area (Å²) >= 11 is 0. The summed E-state index contributed by atoms with van der Waals surface area (Å²) in [5, 5.41) is 2.94. The Bertz CT molecular complexity index is 1060. The summed E-state index contributed by atoms with van der Waals surface area (Å²) < 4.78 is 20.7. The van der Waals surface area contributed by atoms with Crippen molar-refractivity contribution in [3.05, 3.63) is 77.6 Å². The maximum atomic E-state index is 14.4. The van der Waals surface area contributed by atoms with E-state index in [4.69, 9.17) is 4.74 Å².